The van der Waals surface area contributed by atoms with E-state index in [0.29, 0.717) is 31.9 Å². The molecular weight excluding hydrogens is 462 g/mol. The first-order chi connectivity index (χ1) is 16.8. The van der Waals surface area contributed by atoms with Crippen LogP contribution in [-0.4, -0.2) is 53.9 Å². The Morgan fingerprint density at radius 2 is 1.71 bits per heavy atom. The van der Waals surface area contributed by atoms with Crippen molar-refractivity contribution in [3.63, 3.8) is 0 Å². The number of rotatable bonds is 4. The van der Waals surface area contributed by atoms with Gasteiger partial charge in [-0.05, 0) is 67.5 Å². The van der Waals surface area contributed by atoms with E-state index in [9.17, 15) is 19.6 Å². The van der Waals surface area contributed by atoms with E-state index in [1.54, 1.807) is 17.0 Å². The Morgan fingerprint density at radius 3 is 2.34 bits per heavy atom. The minimum absolute atomic E-state index is 0.0326. The van der Waals surface area contributed by atoms with E-state index in [2.05, 4.69) is 10.2 Å². The molecule has 1 N–H and O–H groups in total. The molecule has 2 aromatic rings. The van der Waals surface area contributed by atoms with Crippen LogP contribution in [-0.2, 0) is 14.4 Å². The monoisotopic (exact) mass is 487 g/mol. The van der Waals surface area contributed by atoms with Crippen molar-refractivity contribution in [3.05, 3.63) is 71.3 Å². The van der Waals surface area contributed by atoms with E-state index in [1.807, 2.05) is 56.3 Å². The SMILES string of the molecule is Cc1ccc(N2C(=O)[C@@H](/C=C(\C#N)C(=O)N3CCN(c4ccccc4)CC3)C(=O)NC2=S)cc1C. The Bertz CT molecular complexity index is 1260. The van der Waals surface area contributed by atoms with Crippen LogP contribution >= 0.6 is 12.2 Å². The van der Waals surface area contributed by atoms with Crippen LogP contribution in [0.2, 0.25) is 0 Å². The number of aryl methyl sites for hydroxylation is 2. The molecule has 2 aliphatic rings. The maximum atomic E-state index is 13.3. The topological polar surface area (TPSA) is 96.8 Å². The molecule has 0 unspecified atom stereocenters. The second kappa shape index (κ2) is 10.1. The van der Waals surface area contributed by atoms with Crippen molar-refractivity contribution in [3.8, 4) is 6.07 Å². The van der Waals surface area contributed by atoms with Gasteiger partial charge >= 0.3 is 0 Å². The van der Waals surface area contributed by atoms with Gasteiger partial charge < -0.3 is 15.1 Å². The first-order valence-electron chi connectivity index (χ1n) is 11.3. The quantitative estimate of drug-likeness (QED) is 0.308. The third kappa shape index (κ3) is 4.93. The van der Waals surface area contributed by atoms with Gasteiger partial charge in [0.1, 0.15) is 17.6 Å². The molecule has 0 spiro atoms. The highest BCUT2D eigenvalue weighted by Gasteiger charge is 2.39. The molecule has 0 radical (unpaired) electrons. The lowest BCUT2D eigenvalue weighted by Gasteiger charge is -2.36. The molecule has 2 fully saturated rings. The number of anilines is 2. The highest BCUT2D eigenvalue weighted by atomic mass is 32.1. The molecule has 4 rings (SSSR count). The molecule has 35 heavy (non-hydrogen) atoms. The minimum atomic E-state index is -1.34. The van der Waals surface area contributed by atoms with Crippen molar-refractivity contribution in [1.29, 1.82) is 5.26 Å². The van der Waals surface area contributed by atoms with E-state index in [0.717, 1.165) is 22.9 Å². The van der Waals surface area contributed by atoms with E-state index in [4.69, 9.17) is 12.2 Å². The Labute approximate surface area is 209 Å². The molecule has 2 aromatic carbocycles. The molecule has 2 heterocycles. The standard InChI is InChI=1S/C26H25N5O3S/c1-17-8-9-21(14-18(17)2)31-25(34)22(23(32)28-26(31)35)15-19(16-27)24(33)30-12-10-29(11-13-30)20-6-4-3-5-7-20/h3-9,14-15,22H,10-13H2,1-2H3,(H,28,32,35)/b19-15+/t22-/m0/s1. The Morgan fingerprint density at radius 1 is 1.03 bits per heavy atom. The Balaban J connectivity index is 1.52. The van der Waals surface area contributed by atoms with E-state index in [-0.39, 0.29) is 10.7 Å². The zero-order valence-electron chi connectivity index (χ0n) is 19.5. The molecule has 9 heteroatoms. The maximum absolute atomic E-state index is 13.3. The number of carbonyl (C=O) groups excluding carboxylic acids is 3. The van der Waals surface area contributed by atoms with Gasteiger partial charge in [0.15, 0.2) is 5.11 Å². The fraction of sp³-hybridized carbons (Fsp3) is 0.269. The van der Waals surface area contributed by atoms with Crippen LogP contribution in [0.3, 0.4) is 0 Å². The van der Waals surface area contributed by atoms with Gasteiger partial charge in [-0.1, -0.05) is 24.3 Å². The van der Waals surface area contributed by atoms with Crippen molar-refractivity contribution in [2.45, 2.75) is 13.8 Å². The third-order valence-electron chi connectivity index (χ3n) is 6.32. The minimum Gasteiger partial charge on any atom is -0.368 e. The van der Waals surface area contributed by atoms with Gasteiger partial charge in [0, 0.05) is 31.9 Å². The second-order valence-electron chi connectivity index (χ2n) is 8.52. The van der Waals surface area contributed by atoms with Gasteiger partial charge in [0.05, 0.1) is 5.69 Å². The lowest BCUT2D eigenvalue weighted by molar-refractivity contribution is -0.131. The zero-order valence-corrected chi connectivity index (χ0v) is 20.3. The van der Waals surface area contributed by atoms with E-state index < -0.39 is 23.6 Å². The number of para-hydroxylation sites is 1. The van der Waals surface area contributed by atoms with E-state index in [1.165, 1.54) is 4.90 Å². The maximum Gasteiger partial charge on any atom is 0.264 e. The summed E-state index contributed by atoms with van der Waals surface area (Å²) in [7, 11) is 0. The van der Waals surface area contributed by atoms with Crippen LogP contribution in [0.4, 0.5) is 11.4 Å². The van der Waals surface area contributed by atoms with Gasteiger partial charge in [-0.25, -0.2) is 0 Å². The molecule has 2 aliphatic heterocycles. The van der Waals surface area contributed by atoms with Crippen LogP contribution in [0.25, 0.3) is 0 Å². The molecule has 0 bridgehead atoms. The predicted octanol–water partition coefficient (Wildman–Crippen LogP) is 2.47. The summed E-state index contributed by atoms with van der Waals surface area (Å²) < 4.78 is 0. The smallest absolute Gasteiger partial charge is 0.264 e. The van der Waals surface area contributed by atoms with Crippen molar-refractivity contribution in [2.24, 2.45) is 5.92 Å². The number of amides is 3. The lowest BCUT2D eigenvalue weighted by Crippen LogP contribution is -2.57. The number of nitriles is 1. The fourth-order valence-corrected chi connectivity index (χ4v) is 4.44. The van der Waals surface area contributed by atoms with Crippen LogP contribution < -0.4 is 15.1 Å². The number of carbonyl (C=O) groups is 3. The number of benzene rings is 2. The molecule has 3 amide bonds. The zero-order chi connectivity index (χ0) is 25.1. The molecule has 0 aromatic heterocycles. The number of nitrogens with zero attached hydrogens (tertiary/aromatic N) is 4. The number of hydrogen-bond donors (Lipinski definition) is 1. The Hall–Kier alpha value is -4.03. The molecule has 0 aliphatic carbocycles. The summed E-state index contributed by atoms with van der Waals surface area (Å²) in [5.41, 5.74) is 3.37. The number of thiocarbonyl (C=S) groups is 1. The average Bonchev–Trinajstić information content (AvgIpc) is 2.86. The predicted molar refractivity (Wildman–Crippen MR) is 137 cm³/mol. The molecule has 2 saturated heterocycles. The summed E-state index contributed by atoms with van der Waals surface area (Å²) in [5.74, 6) is -3.09. The summed E-state index contributed by atoms with van der Waals surface area (Å²) in [6.07, 6.45) is 1.15. The van der Waals surface area contributed by atoms with Crippen molar-refractivity contribution in [2.75, 3.05) is 36.0 Å². The van der Waals surface area contributed by atoms with Gasteiger partial charge in [-0.15, -0.1) is 0 Å². The summed E-state index contributed by atoms with van der Waals surface area (Å²) in [6.45, 7) is 5.95. The van der Waals surface area contributed by atoms with Crippen LogP contribution in [0.5, 0.6) is 0 Å². The molecule has 1 atom stereocenters. The molecular formula is C26H25N5O3S. The van der Waals surface area contributed by atoms with Gasteiger partial charge in [0.2, 0.25) is 11.8 Å². The molecule has 8 nitrogen and oxygen atoms in total. The lowest BCUT2D eigenvalue weighted by atomic mass is 9.99. The van der Waals surface area contributed by atoms with E-state index >= 15 is 0 Å². The Kier molecular flexibility index (Phi) is 6.94. The normalized spacial score (nSPS) is 18.9. The summed E-state index contributed by atoms with van der Waals surface area (Å²) in [5, 5.41) is 12.2. The second-order valence-corrected chi connectivity index (χ2v) is 8.91. The van der Waals surface area contributed by atoms with Crippen molar-refractivity contribution < 1.29 is 14.4 Å². The number of piperazine rings is 1. The first kappa shape index (κ1) is 24.1. The summed E-state index contributed by atoms with van der Waals surface area (Å²) in [6, 6.07) is 17.2. The largest absolute Gasteiger partial charge is 0.368 e. The molecule has 0 saturated carbocycles. The third-order valence-corrected chi connectivity index (χ3v) is 6.61. The highest BCUT2D eigenvalue weighted by Crippen LogP contribution is 2.25. The highest BCUT2D eigenvalue weighted by molar-refractivity contribution is 7.80. The van der Waals surface area contributed by atoms with Crippen molar-refractivity contribution in [1.82, 2.24) is 10.2 Å². The van der Waals surface area contributed by atoms with Crippen LogP contribution in [0.15, 0.2) is 60.2 Å². The summed E-state index contributed by atoms with van der Waals surface area (Å²) >= 11 is 5.25. The van der Waals surface area contributed by atoms with Gasteiger partial charge in [0.25, 0.3) is 5.91 Å². The van der Waals surface area contributed by atoms with Crippen LogP contribution in [0.1, 0.15) is 11.1 Å². The first-order valence-corrected chi connectivity index (χ1v) is 11.7. The number of hydrogen-bond acceptors (Lipinski definition) is 6. The fourth-order valence-electron chi connectivity index (χ4n) is 4.15. The van der Waals surface area contributed by atoms with Gasteiger partial charge in [-0.3, -0.25) is 19.3 Å². The van der Waals surface area contributed by atoms with Crippen molar-refractivity contribution >= 4 is 46.4 Å². The molecule has 178 valence electrons. The van der Waals surface area contributed by atoms with Gasteiger partial charge in [-0.2, -0.15) is 5.26 Å². The average molecular weight is 488 g/mol. The van der Waals surface area contributed by atoms with Crippen LogP contribution in [0, 0.1) is 31.1 Å². The summed E-state index contributed by atoms with van der Waals surface area (Å²) in [4.78, 5) is 44.0. The number of nitrogens with one attached hydrogen (secondary N) is 1.